The third kappa shape index (κ3) is 1.60. The second-order valence-electron chi connectivity index (χ2n) is 2.99. The van der Waals surface area contributed by atoms with E-state index in [1.165, 1.54) is 6.07 Å². The second-order valence-corrected chi connectivity index (χ2v) is 2.99. The van der Waals surface area contributed by atoms with Crippen molar-refractivity contribution < 1.29 is 27.0 Å². The van der Waals surface area contributed by atoms with Gasteiger partial charge in [-0.2, -0.15) is 8.78 Å². The van der Waals surface area contributed by atoms with Crippen LogP contribution in [-0.4, -0.2) is 13.2 Å². The Kier molecular flexibility index (Phi) is 2.21. The van der Waals surface area contributed by atoms with Crippen LogP contribution in [0.25, 0.3) is 0 Å². The molecule has 0 aromatic heterocycles. The van der Waals surface area contributed by atoms with Crippen LogP contribution in [0.5, 0.6) is 11.5 Å². The molecule has 1 heterocycles. The lowest BCUT2D eigenvalue weighted by Gasteiger charge is -2.15. The van der Waals surface area contributed by atoms with Gasteiger partial charge in [-0.15, -0.1) is 0 Å². The molecule has 82 valence electrons. The molecule has 0 saturated carbocycles. The molecule has 0 unspecified atom stereocenters. The molecular formula is C9H6F4O2. The van der Waals surface area contributed by atoms with Crippen molar-refractivity contribution in [2.24, 2.45) is 0 Å². The van der Waals surface area contributed by atoms with Gasteiger partial charge in [-0.25, -0.2) is 8.78 Å². The molecule has 0 bridgehead atoms. The van der Waals surface area contributed by atoms with Gasteiger partial charge in [0.1, 0.15) is 0 Å². The summed E-state index contributed by atoms with van der Waals surface area (Å²) in [6, 6.07) is 2.96. The number of hydrogen-bond acceptors (Lipinski definition) is 2. The molecule has 15 heavy (non-hydrogen) atoms. The van der Waals surface area contributed by atoms with Gasteiger partial charge >= 0.3 is 12.3 Å². The van der Waals surface area contributed by atoms with E-state index >= 15 is 0 Å². The molecule has 0 amide bonds. The Morgan fingerprint density at radius 2 is 1.80 bits per heavy atom. The third-order valence-corrected chi connectivity index (χ3v) is 2.03. The van der Waals surface area contributed by atoms with Crippen LogP contribution in [0.15, 0.2) is 18.2 Å². The lowest BCUT2D eigenvalue weighted by Crippen LogP contribution is -2.23. The number of hydrogen-bond donors (Lipinski definition) is 0. The summed E-state index contributed by atoms with van der Waals surface area (Å²) in [6.07, 6.45) is -3.74. The van der Waals surface area contributed by atoms with Crippen molar-refractivity contribution in [1.82, 2.24) is 0 Å². The molecule has 0 spiro atoms. The van der Waals surface area contributed by atoms with Crippen LogP contribution >= 0.6 is 0 Å². The second kappa shape index (κ2) is 3.29. The van der Waals surface area contributed by atoms with E-state index < -0.39 is 17.9 Å². The summed E-state index contributed by atoms with van der Waals surface area (Å²) in [7, 11) is 0. The van der Waals surface area contributed by atoms with E-state index in [1.807, 2.05) is 0 Å². The van der Waals surface area contributed by atoms with Crippen molar-refractivity contribution >= 4 is 0 Å². The molecule has 2 rings (SSSR count). The molecule has 0 atom stereocenters. The number of fused-ring (bicyclic) bond motifs is 1. The Bertz CT molecular complexity index is 378. The zero-order chi connectivity index (χ0) is 11.1. The average molecular weight is 222 g/mol. The minimum Gasteiger partial charge on any atom is -0.454 e. The molecule has 1 aromatic rings. The molecule has 0 saturated heterocycles. The molecule has 0 radical (unpaired) electrons. The molecule has 0 N–H and O–H groups in total. The van der Waals surface area contributed by atoms with Crippen molar-refractivity contribution in [2.75, 3.05) is 6.79 Å². The van der Waals surface area contributed by atoms with E-state index in [1.54, 1.807) is 0 Å². The summed E-state index contributed by atoms with van der Waals surface area (Å²) in [5, 5.41) is 0. The SMILES string of the molecule is FC(F)C(F)(F)c1ccc2c(c1)OCO2. The lowest BCUT2D eigenvalue weighted by molar-refractivity contribution is -0.135. The first-order valence-corrected chi connectivity index (χ1v) is 4.08. The molecule has 1 aliphatic rings. The van der Waals surface area contributed by atoms with E-state index in [2.05, 4.69) is 0 Å². The van der Waals surface area contributed by atoms with Crippen LogP contribution in [-0.2, 0) is 5.92 Å². The molecule has 1 aliphatic heterocycles. The van der Waals surface area contributed by atoms with E-state index in [4.69, 9.17) is 9.47 Å². The van der Waals surface area contributed by atoms with Crippen molar-refractivity contribution in [2.45, 2.75) is 12.3 Å². The van der Waals surface area contributed by atoms with E-state index in [-0.39, 0.29) is 18.3 Å². The van der Waals surface area contributed by atoms with Gasteiger partial charge in [0.15, 0.2) is 11.5 Å². The fourth-order valence-electron chi connectivity index (χ4n) is 1.23. The Labute approximate surface area is 82.4 Å². The molecule has 6 heteroatoms. The van der Waals surface area contributed by atoms with Gasteiger partial charge in [0.25, 0.3) is 0 Å². The Morgan fingerprint density at radius 1 is 1.13 bits per heavy atom. The fourth-order valence-corrected chi connectivity index (χ4v) is 1.23. The summed E-state index contributed by atoms with van der Waals surface area (Å²) in [5.41, 5.74) is -0.776. The minimum atomic E-state index is -4.17. The highest BCUT2D eigenvalue weighted by Crippen LogP contribution is 2.40. The maximum atomic E-state index is 12.9. The fraction of sp³-hybridized carbons (Fsp3) is 0.333. The monoisotopic (exact) mass is 222 g/mol. The van der Waals surface area contributed by atoms with Crippen molar-refractivity contribution in [3.05, 3.63) is 23.8 Å². The van der Waals surface area contributed by atoms with Crippen LogP contribution in [0, 0.1) is 0 Å². The summed E-state index contributed by atoms with van der Waals surface area (Å²) in [6.45, 7) is -0.0843. The van der Waals surface area contributed by atoms with Crippen molar-refractivity contribution in [1.29, 1.82) is 0 Å². The summed E-state index contributed by atoms with van der Waals surface area (Å²) in [4.78, 5) is 0. The first-order chi connectivity index (χ1) is 7.01. The topological polar surface area (TPSA) is 18.5 Å². The van der Waals surface area contributed by atoms with E-state index in [0.717, 1.165) is 12.1 Å². The summed E-state index contributed by atoms with van der Waals surface area (Å²) >= 11 is 0. The predicted molar refractivity (Wildman–Crippen MR) is 42.5 cm³/mol. The van der Waals surface area contributed by atoms with E-state index in [9.17, 15) is 17.6 Å². The van der Waals surface area contributed by atoms with Gasteiger partial charge in [-0.1, -0.05) is 0 Å². The number of alkyl halides is 4. The van der Waals surface area contributed by atoms with Crippen LogP contribution in [0.1, 0.15) is 5.56 Å². The number of ether oxygens (including phenoxy) is 2. The lowest BCUT2D eigenvalue weighted by atomic mass is 10.1. The maximum Gasteiger partial charge on any atom is 0.332 e. The Hall–Kier alpha value is -1.46. The van der Waals surface area contributed by atoms with Crippen LogP contribution in [0.4, 0.5) is 17.6 Å². The first kappa shape index (κ1) is 10.1. The molecular weight excluding hydrogens is 216 g/mol. The van der Waals surface area contributed by atoms with Gasteiger partial charge < -0.3 is 9.47 Å². The van der Waals surface area contributed by atoms with Gasteiger partial charge in [0.2, 0.25) is 6.79 Å². The zero-order valence-electron chi connectivity index (χ0n) is 7.34. The van der Waals surface area contributed by atoms with Crippen molar-refractivity contribution in [3.8, 4) is 11.5 Å². The number of halogens is 4. The third-order valence-electron chi connectivity index (χ3n) is 2.03. The Balaban J connectivity index is 2.38. The van der Waals surface area contributed by atoms with E-state index in [0.29, 0.717) is 0 Å². The van der Waals surface area contributed by atoms with Gasteiger partial charge in [-0.05, 0) is 18.2 Å². The molecule has 0 fully saturated rings. The van der Waals surface area contributed by atoms with Gasteiger partial charge in [0.05, 0.1) is 0 Å². The largest absolute Gasteiger partial charge is 0.454 e. The predicted octanol–water partition coefficient (Wildman–Crippen LogP) is 2.77. The summed E-state index contributed by atoms with van der Waals surface area (Å²) < 4.78 is 59.5. The normalized spacial score (nSPS) is 14.7. The Morgan fingerprint density at radius 3 is 2.47 bits per heavy atom. The number of rotatable bonds is 2. The van der Waals surface area contributed by atoms with Gasteiger partial charge in [-0.3, -0.25) is 0 Å². The quantitative estimate of drug-likeness (QED) is 0.716. The van der Waals surface area contributed by atoms with Gasteiger partial charge in [0, 0.05) is 5.56 Å². The van der Waals surface area contributed by atoms with Crippen LogP contribution in [0.2, 0.25) is 0 Å². The summed E-state index contributed by atoms with van der Waals surface area (Å²) in [5.74, 6) is -3.82. The molecule has 2 nitrogen and oxygen atoms in total. The smallest absolute Gasteiger partial charge is 0.332 e. The number of benzene rings is 1. The standard InChI is InChI=1S/C9H6F4O2/c10-8(11)9(12,13)5-1-2-6-7(3-5)15-4-14-6/h1-3,8H,4H2. The molecule has 0 aliphatic carbocycles. The highest BCUT2D eigenvalue weighted by molar-refractivity contribution is 5.45. The highest BCUT2D eigenvalue weighted by Gasteiger charge is 2.43. The minimum absolute atomic E-state index is 0.0628. The van der Waals surface area contributed by atoms with Crippen LogP contribution in [0.3, 0.4) is 0 Å². The zero-order valence-corrected chi connectivity index (χ0v) is 7.34. The highest BCUT2D eigenvalue weighted by atomic mass is 19.3. The first-order valence-electron chi connectivity index (χ1n) is 4.08. The maximum absolute atomic E-state index is 12.9. The van der Waals surface area contributed by atoms with Crippen molar-refractivity contribution in [3.63, 3.8) is 0 Å². The molecule has 1 aromatic carbocycles. The average Bonchev–Trinajstić information content (AvgIpc) is 2.63. The van der Waals surface area contributed by atoms with Crippen LogP contribution < -0.4 is 9.47 Å².